The summed E-state index contributed by atoms with van der Waals surface area (Å²) in [5.74, 6) is -0.400. The van der Waals surface area contributed by atoms with Crippen LogP contribution in [0.25, 0.3) is 0 Å². The Morgan fingerprint density at radius 2 is 2.15 bits per heavy atom. The normalized spacial score (nSPS) is 17.4. The summed E-state index contributed by atoms with van der Waals surface area (Å²) in [5, 5.41) is 10.0. The SMILES string of the molecule is CCCNC(=O)Nc1cccc(C2NC(=O)NC2=O)c1. The summed E-state index contributed by atoms with van der Waals surface area (Å²) in [4.78, 5) is 34.2. The maximum absolute atomic E-state index is 11.6. The third-order valence-electron chi connectivity index (χ3n) is 2.79. The van der Waals surface area contributed by atoms with Crippen LogP contribution in [0.4, 0.5) is 15.3 Å². The number of nitrogens with one attached hydrogen (secondary N) is 4. The first kappa shape index (κ1) is 13.9. The Balaban J connectivity index is 2.06. The second-order valence-corrected chi connectivity index (χ2v) is 4.40. The molecule has 0 radical (unpaired) electrons. The predicted molar refractivity (Wildman–Crippen MR) is 73.2 cm³/mol. The van der Waals surface area contributed by atoms with E-state index >= 15 is 0 Å². The van der Waals surface area contributed by atoms with Gasteiger partial charge in [-0.25, -0.2) is 9.59 Å². The molecule has 0 aromatic heterocycles. The second kappa shape index (κ2) is 6.05. The zero-order valence-corrected chi connectivity index (χ0v) is 11.0. The summed E-state index contributed by atoms with van der Waals surface area (Å²) in [5.41, 5.74) is 1.17. The van der Waals surface area contributed by atoms with Crippen molar-refractivity contribution in [3.8, 4) is 0 Å². The van der Waals surface area contributed by atoms with Crippen molar-refractivity contribution in [1.82, 2.24) is 16.0 Å². The van der Waals surface area contributed by atoms with E-state index in [1.165, 1.54) is 0 Å². The van der Waals surface area contributed by atoms with Gasteiger partial charge in [0.1, 0.15) is 6.04 Å². The van der Waals surface area contributed by atoms with Crippen LogP contribution in [0.2, 0.25) is 0 Å². The fourth-order valence-electron chi connectivity index (χ4n) is 1.86. The number of hydrogen-bond donors (Lipinski definition) is 4. The lowest BCUT2D eigenvalue weighted by molar-refractivity contribution is -0.120. The van der Waals surface area contributed by atoms with E-state index in [0.717, 1.165) is 6.42 Å². The third kappa shape index (κ3) is 3.25. The first-order valence-corrected chi connectivity index (χ1v) is 6.36. The zero-order chi connectivity index (χ0) is 14.5. The van der Waals surface area contributed by atoms with Crippen molar-refractivity contribution < 1.29 is 14.4 Å². The molecular formula is C13H16N4O3. The monoisotopic (exact) mass is 276 g/mol. The predicted octanol–water partition coefficient (Wildman–Crippen LogP) is 1.10. The number of carbonyl (C=O) groups excluding carboxylic acids is 3. The number of amides is 5. The van der Waals surface area contributed by atoms with Gasteiger partial charge in [0, 0.05) is 12.2 Å². The average molecular weight is 276 g/mol. The highest BCUT2D eigenvalue weighted by atomic mass is 16.2. The van der Waals surface area contributed by atoms with Crippen LogP contribution in [-0.4, -0.2) is 24.5 Å². The molecule has 0 spiro atoms. The number of anilines is 1. The van der Waals surface area contributed by atoms with E-state index in [0.29, 0.717) is 17.8 Å². The van der Waals surface area contributed by atoms with Crippen LogP contribution in [0.5, 0.6) is 0 Å². The number of rotatable bonds is 4. The van der Waals surface area contributed by atoms with Crippen LogP contribution in [0.3, 0.4) is 0 Å². The van der Waals surface area contributed by atoms with Crippen LogP contribution >= 0.6 is 0 Å². The minimum Gasteiger partial charge on any atom is -0.338 e. The van der Waals surface area contributed by atoms with E-state index in [2.05, 4.69) is 21.3 Å². The lowest BCUT2D eigenvalue weighted by Crippen LogP contribution is -2.29. The van der Waals surface area contributed by atoms with Crippen molar-refractivity contribution in [2.24, 2.45) is 0 Å². The van der Waals surface area contributed by atoms with Gasteiger partial charge in [0.15, 0.2) is 0 Å². The minimum absolute atomic E-state index is 0.302. The van der Waals surface area contributed by atoms with E-state index in [1.807, 2.05) is 6.92 Å². The molecule has 1 fully saturated rings. The van der Waals surface area contributed by atoms with Gasteiger partial charge in [-0.2, -0.15) is 0 Å². The molecule has 1 aromatic rings. The van der Waals surface area contributed by atoms with Crippen LogP contribution in [-0.2, 0) is 4.79 Å². The Bertz CT molecular complexity index is 544. The molecule has 1 aliphatic rings. The molecule has 2 rings (SSSR count). The van der Waals surface area contributed by atoms with Crippen molar-refractivity contribution in [3.63, 3.8) is 0 Å². The number of hydrogen-bond acceptors (Lipinski definition) is 3. The van der Waals surface area contributed by atoms with E-state index in [9.17, 15) is 14.4 Å². The molecule has 1 atom stereocenters. The molecule has 5 amide bonds. The lowest BCUT2D eigenvalue weighted by atomic mass is 10.1. The quantitative estimate of drug-likeness (QED) is 0.620. The highest BCUT2D eigenvalue weighted by molar-refractivity contribution is 6.04. The Labute approximate surface area is 116 Å². The van der Waals surface area contributed by atoms with Crippen molar-refractivity contribution in [2.45, 2.75) is 19.4 Å². The highest BCUT2D eigenvalue weighted by Gasteiger charge is 2.30. The number of urea groups is 2. The summed E-state index contributed by atoms with van der Waals surface area (Å²) in [7, 11) is 0. The summed E-state index contributed by atoms with van der Waals surface area (Å²) in [6.45, 7) is 2.55. The summed E-state index contributed by atoms with van der Waals surface area (Å²) in [6.07, 6.45) is 0.849. The molecule has 7 heteroatoms. The fourth-order valence-corrected chi connectivity index (χ4v) is 1.86. The largest absolute Gasteiger partial charge is 0.338 e. The zero-order valence-electron chi connectivity index (χ0n) is 11.0. The molecule has 1 aliphatic heterocycles. The molecule has 1 heterocycles. The van der Waals surface area contributed by atoms with Crippen molar-refractivity contribution in [3.05, 3.63) is 29.8 Å². The van der Waals surface area contributed by atoms with Gasteiger partial charge in [-0.15, -0.1) is 0 Å². The van der Waals surface area contributed by atoms with Gasteiger partial charge in [0.25, 0.3) is 5.91 Å². The van der Waals surface area contributed by atoms with E-state index in [4.69, 9.17) is 0 Å². The van der Waals surface area contributed by atoms with Gasteiger partial charge in [0.2, 0.25) is 0 Å². The maximum Gasteiger partial charge on any atom is 0.322 e. The first-order valence-electron chi connectivity index (χ1n) is 6.36. The Morgan fingerprint density at radius 3 is 2.80 bits per heavy atom. The van der Waals surface area contributed by atoms with Crippen molar-refractivity contribution in [2.75, 3.05) is 11.9 Å². The van der Waals surface area contributed by atoms with Crippen LogP contribution < -0.4 is 21.3 Å². The standard InChI is InChI=1S/C13H16N4O3/c1-2-6-14-12(19)15-9-5-3-4-8(7-9)10-11(18)17-13(20)16-10/h3-5,7,10H,2,6H2,1H3,(H2,14,15,19)(H2,16,17,18,20). The maximum atomic E-state index is 11.6. The second-order valence-electron chi connectivity index (χ2n) is 4.40. The molecule has 0 aliphatic carbocycles. The number of benzene rings is 1. The van der Waals surface area contributed by atoms with Crippen LogP contribution in [0.15, 0.2) is 24.3 Å². The van der Waals surface area contributed by atoms with E-state index in [-0.39, 0.29) is 6.03 Å². The average Bonchev–Trinajstić information content (AvgIpc) is 2.76. The summed E-state index contributed by atoms with van der Waals surface area (Å²) >= 11 is 0. The van der Waals surface area contributed by atoms with Crippen molar-refractivity contribution >= 4 is 23.7 Å². The topological polar surface area (TPSA) is 99.3 Å². The molecule has 106 valence electrons. The van der Waals surface area contributed by atoms with Crippen molar-refractivity contribution in [1.29, 1.82) is 0 Å². The van der Waals surface area contributed by atoms with Gasteiger partial charge >= 0.3 is 12.1 Å². The van der Waals surface area contributed by atoms with Gasteiger partial charge in [-0.3, -0.25) is 10.1 Å². The number of carbonyl (C=O) groups is 3. The summed E-state index contributed by atoms with van der Waals surface area (Å²) < 4.78 is 0. The lowest BCUT2D eigenvalue weighted by Gasteiger charge is -2.11. The molecule has 1 unspecified atom stereocenters. The highest BCUT2D eigenvalue weighted by Crippen LogP contribution is 2.20. The molecule has 0 saturated carbocycles. The molecular weight excluding hydrogens is 260 g/mol. The Kier molecular flexibility index (Phi) is 4.19. The van der Waals surface area contributed by atoms with Crippen LogP contribution in [0, 0.1) is 0 Å². The van der Waals surface area contributed by atoms with E-state index in [1.54, 1.807) is 24.3 Å². The molecule has 20 heavy (non-hydrogen) atoms. The Hall–Kier alpha value is -2.57. The number of imide groups is 1. The Morgan fingerprint density at radius 1 is 1.35 bits per heavy atom. The molecule has 1 saturated heterocycles. The van der Waals surface area contributed by atoms with Gasteiger partial charge < -0.3 is 16.0 Å². The first-order chi connectivity index (χ1) is 9.60. The summed E-state index contributed by atoms with van der Waals surface area (Å²) in [6, 6.07) is 5.25. The van der Waals surface area contributed by atoms with E-state index < -0.39 is 18.0 Å². The third-order valence-corrected chi connectivity index (χ3v) is 2.79. The molecule has 0 bridgehead atoms. The van der Waals surface area contributed by atoms with Crippen LogP contribution in [0.1, 0.15) is 24.9 Å². The molecule has 1 aromatic carbocycles. The van der Waals surface area contributed by atoms with Gasteiger partial charge in [-0.05, 0) is 24.1 Å². The van der Waals surface area contributed by atoms with Gasteiger partial charge in [0.05, 0.1) is 0 Å². The smallest absolute Gasteiger partial charge is 0.322 e. The molecule has 7 nitrogen and oxygen atoms in total. The minimum atomic E-state index is -0.719. The molecule has 4 N–H and O–H groups in total. The van der Waals surface area contributed by atoms with Gasteiger partial charge in [-0.1, -0.05) is 19.1 Å². The fraction of sp³-hybridized carbons (Fsp3) is 0.308.